The summed E-state index contributed by atoms with van der Waals surface area (Å²) in [6.07, 6.45) is -0.455. The van der Waals surface area contributed by atoms with E-state index < -0.39 is 6.09 Å². The normalized spacial score (nSPS) is 10.5. The van der Waals surface area contributed by atoms with Crippen LogP contribution in [0.1, 0.15) is 16.8 Å². The van der Waals surface area contributed by atoms with Gasteiger partial charge in [0.25, 0.3) is 5.91 Å². The molecule has 0 aliphatic carbocycles. The van der Waals surface area contributed by atoms with Crippen molar-refractivity contribution in [2.75, 3.05) is 6.54 Å². The maximum absolute atomic E-state index is 12.1. The van der Waals surface area contributed by atoms with Gasteiger partial charge in [0.05, 0.1) is 5.52 Å². The third-order valence-corrected chi connectivity index (χ3v) is 3.41. The lowest BCUT2D eigenvalue weighted by molar-refractivity contribution is 0.0888. The summed E-state index contributed by atoms with van der Waals surface area (Å²) >= 11 is 0. The van der Waals surface area contributed by atoms with E-state index in [4.69, 9.17) is 4.74 Å². The Balaban J connectivity index is 1.46. The lowest BCUT2D eigenvalue weighted by Crippen LogP contribution is -2.28. The van der Waals surface area contributed by atoms with Crippen LogP contribution in [-0.4, -0.2) is 33.5 Å². The van der Waals surface area contributed by atoms with Crippen LogP contribution in [0, 0.1) is 0 Å². The van der Waals surface area contributed by atoms with Crippen molar-refractivity contribution in [2.24, 2.45) is 0 Å². The summed E-state index contributed by atoms with van der Waals surface area (Å²) in [6, 6.07) is 16.6. The molecule has 1 N–H and O–H groups in total. The predicted molar refractivity (Wildman–Crippen MR) is 87.4 cm³/mol. The van der Waals surface area contributed by atoms with E-state index in [1.54, 1.807) is 12.1 Å². The fourth-order valence-corrected chi connectivity index (χ4v) is 2.20. The molecule has 0 radical (unpaired) electrons. The molecule has 0 saturated heterocycles. The van der Waals surface area contributed by atoms with Crippen molar-refractivity contribution in [1.29, 1.82) is 0 Å². The molecule has 1 aromatic heterocycles. The maximum Gasteiger partial charge on any atom is 0.407 e. The molecule has 0 atom stereocenters. The molecule has 3 rings (SSSR count). The van der Waals surface area contributed by atoms with E-state index in [1.807, 2.05) is 42.5 Å². The Morgan fingerprint density at radius 1 is 1.04 bits per heavy atom. The molecule has 0 aliphatic heterocycles. The Morgan fingerprint density at radius 3 is 2.62 bits per heavy atom. The van der Waals surface area contributed by atoms with Crippen molar-refractivity contribution >= 4 is 23.0 Å². The molecule has 7 heteroatoms. The zero-order valence-electron chi connectivity index (χ0n) is 12.9. The molecule has 0 unspecified atom stereocenters. The van der Waals surface area contributed by atoms with Gasteiger partial charge >= 0.3 is 6.09 Å². The Hall–Kier alpha value is -3.22. The van der Waals surface area contributed by atoms with Gasteiger partial charge in [0.2, 0.25) is 0 Å². The van der Waals surface area contributed by atoms with Crippen molar-refractivity contribution in [3.05, 3.63) is 60.2 Å². The fraction of sp³-hybridized carbons (Fsp3) is 0.176. The number of carbonyl (C=O) groups is 2. The first-order valence-electron chi connectivity index (χ1n) is 7.52. The average molecular weight is 324 g/mol. The predicted octanol–water partition coefficient (Wildman–Crippen LogP) is 2.39. The number of hydrogen-bond donors (Lipinski definition) is 1. The van der Waals surface area contributed by atoms with Crippen LogP contribution in [0.2, 0.25) is 0 Å². The summed E-state index contributed by atoms with van der Waals surface area (Å²) in [5.74, 6) is -0.243. The first-order chi connectivity index (χ1) is 11.7. The van der Waals surface area contributed by atoms with Gasteiger partial charge in [-0.15, -0.1) is 5.10 Å². The second-order valence-electron chi connectivity index (χ2n) is 5.12. The van der Waals surface area contributed by atoms with Crippen LogP contribution in [0.3, 0.4) is 0 Å². The van der Waals surface area contributed by atoms with Gasteiger partial charge in [0, 0.05) is 13.0 Å². The lowest BCUT2D eigenvalue weighted by Gasteiger charge is -2.07. The highest BCUT2D eigenvalue weighted by atomic mass is 16.5. The highest BCUT2D eigenvalue weighted by Gasteiger charge is 2.12. The third-order valence-electron chi connectivity index (χ3n) is 3.41. The van der Waals surface area contributed by atoms with Gasteiger partial charge in [-0.1, -0.05) is 47.7 Å². The molecule has 1 heterocycles. The quantitative estimate of drug-likeness (QED) is 0.779. The molecule has 2 aromatic carbocycles. The number of nitrogens with zero attached hydrogens (tertiary/aromatic N) is 3. The number of alkyl carbamates (subject to hydrolysis) is 1. The number of nitrogens with one attached hydrogen (secondary N) is 1. The Morgan fingerprint density at radius 2 is 1.79 bits per heavy atom. The van der Waals surface area contributed by atoms with Gasteiger partial charge in [0.15, 0.2) is 0 Å². The number of para-hydroxylation sites is 1. The number of amides is 1. The van der Waals surface area contributed by atoms with Gasteiger partial charge in [-0.25, -0.2) is 4.79 Å². The first kappa shape index (κ1) is 15.7. The van der Waals surface area contributed by atoms with Crippen molar-refractivity contribution in [2.45, 2.75) is 13.0 Å². The summed E-state index contributed by atoms with van der Waals surface area (Å²) in [7, 11) is 0. The molecule has 1 amide bonds. The molecule has 0 bridgehead atoms. The Kier molecular flexibility index (Phi) is 4.81. The smallest absolute Gasteiger partial charge is 0.407 e. The molecule has 122 valence electrons. The van der Waals surface area contributed by atoms with Gasteiger partial charge in [-0.3, -0.25) is 4.79 Å². The number of benzene rings is 2. The molecular formula is C17H16N4O3. The van der Waals surface area contributed by atoms with E-state index >= 15 is 0 Å². The number of carbonyl (C=O) groups excluding carboxylic acids is 2. The van der Waals surface area contributed by atoms with E-state index in [0.717, 1.165) is 5.56 Å². The van der Waals surface area contributed by atoms with Crippen LogP contribution >= 0.6 is 0 Å². The second kappa shape index (κ2) is 7.36. The number of hydrogen-bond acceptors (Lipinski definition) is 5. The molecular weight excluding hydrogens is 308 g/mol. The van der Waals surface area contributed by atoms with Gasteiger partial charge in [-0.05, 0) is 17.7 Å². The highest BCUT2D eigenvalue weighted by molar-refractivity contribution is 5.88. The molecule has 0 saturated carbocycles. The van der Waals surface area contributed by atoms with Gasteiger partial charge < -0.3 is 10.1 Å². The topological polar surface area (TPSA) is 86.1 Å². The molecule has 0 spiro atoms. The van der Waals surface area contributed by atoms with E-state index in [2.05, 4.69) is 15.6 Å². The molecule has 0 fully saturated rings. The minimum atomic E-state index is -0.560. The summed E-state index contributed by atoms with van der Waals surface area (Å²) < 4.78 is 6.32. The summed E-state index contributed by atoms with van der Waals surface area (Å²) in [4.78, 5) is 23.8. The minimum Gasteiger partial charge on any atom is -0.445 e. The number of aromatic nitrogens is 3. The van der Waals surface area contributed by atoms with E-state index in [-0.39, 0.29) is 25.5 Å². The highest BCUT2D eigenvalue weighted by Crippen LogP contribution is 2.09. The Bertz CT molecular complexity index is 845. The van der Waals surface area contributed by atoms with Crippen molar-refractivity contribution in [3.63, 3.8) is 0 Å². The number of ether oxygens (including phenoxy) is 1. The van der Waals surface area contributed by atoms with Crippen LogP contribution in [0.25, 0.3) is 11.0 Å². The lowest BCUT2D eigenvalue weighted by atomic mass is 10.2. The monoisotopic (exact) mass is 324 g/mol. The molecule has 7 nitrogen and oxygen atoms in total. The molecule has 24 heavy (non-hydrogen) atoms. The minimum absolute atomic E-state index is 0.105. The zero-order valence-corrected chi connectivity index (χ0v) is 12.9. The zero-order chi connectivity index (χ0) is 16.8. The van der Waals surface area contributed by atoms with E-state index in [9.17, 15) is 9.59 Å². The average Bonchev–Trinajstić information content (AvgIpc) is 3.05. The summed E-state index contributed by atoms with van der Waals surface area (Å²) in [6.45, 7) is 0.356. The molecule has 3 aromatic rings. The number of fused-ring (bicyclic) bond motifs is 1. The SMILES string of the molecule is O=C(NCCC(=O)n1nnc2ccccc21)OCc1ccccc1. The fourth-order valence-electron chi connectivity index (χ4n) is 2.20. The van der Waals surface area contributed by atoms with Crippen molar-refractivity contribution < 1.29 is 14.3 Å². The van der Waals surface area contributed by atoms with Crippen molar-refractivity contribution in [1.82, 2.24) is 20.3 Å². The first-order valence-corrected chi connectivity index (χ1v) is 7.52. The van der Waals surface area contributed by atoms with E-state index in [1.165, 1.54) is 4.68 Å². The standard InChI is InChI=1S/C17H16N4O3/c22-16(21-15-9-5-4-8-14(15)19-20-21)10-11-18-17(23)24-12-13-6-2-1-3-7-13/h1-9H,10-12H2,(H,18,23). The van der Waals surface area contributed by atoms with Crippen molar-refractivity contribution in [3.8, 4) is 0 Å². The van der Waals surface area contributed by atoms with Crippen LogP contribution in [0.4, 0.5) is 4.79 Å². The summed E-state index contributed by atoms with van der Waals surface area (Å²) in [5.41, 5.74) is 2.20. The Labute approximate surface area is 138 Å². The molecule has 0 aliphatic rings. The number of rotatable bonds is 5. The van der Waals surface area contributed by atoms with Gasteiger partial charge in [-0.2, -0.15) is 4.68 Å². The third kappa shape index (κ3) is 3.75. The second-order valence-corrected chi connectivity index (χ2v) is 5.12. The van der Waals surface area contributed by atoms with Crippen LogP contribution in [0.5, 0.6) is 0 Å². The maximum atomic E-state index is 12.1. The van der Waals surface area contributed by atoms with Crippen LogP contribution in [0.15, 0.2) is 54.6 Å². The van der Waals surface area contributed by atoms with Gasteiger partial charge in [0.1, 0.15) is 12.1 Å². The van der Waals surface area contributed by atoms with Crippen LogP contribution < -0.4 is 5.32 Å². The summed E-state index contributed by atoms with van der Waals surface area (Å²) in [5, 5.41) is 10.3. The van der Waals surface area contributed by atoms with E-state index in [0.29, 0.717) is 11.0 Å². The van der Waals surface area contributed by atoms with Crippen LogP contribution in [-0.2, 0) is 11.3 Å². The largest absolute Gasteiger partial charge is 0.445 e.